The average Bonchev–Trinajstić information content (AvgIpc) is 3.27. The number of hydrogen-bond acceptors (Lipinski definition) is 4. The first-order valence-corrected chi connectivity index (χ1v) is 11.3. The molecule has 1 aliphatic rings. The Bertz CT molecular complexity index is 994. The third-order valence-corrected chi connectivity index (χ3v) is 5.96. The van der Waals surface area contributed by atoms with Crippen LogP contribution in [0.3, 0.4) is 0 Å². The molecule has 1 fully saturated rings. The number of hydrogen-bond donors (Lipinski definition) is 1. The zero-order valence-corrected chi connectivity index (χ0v) is 18.4. The van der Waals surface area contributed by atoms with Crippen LogP contribution in [0.4, 0.5) is 0 Å². The fourth-order valence-electron chi connectivity index (χ4n) is 3.86. The lowest BCUT2D eigenvalue weighted by Crippen LogP contribution is -2.29. The number of carbonyl (C=O) groups is 1. The summed E-state index contributed by atoms with van der Waals surface area (Å²) in [6.07, 6.45) is 6.39. The lowest BCUT2D eigenvalue weighted by molar-refractivity contribution is -0.121. The van der Waals surface area contributed by atoms with Gasteiger partial charge in [0.25, 0.3) is 0 Å². The van der Waals surface area contributed by atoms with Crippen LogP contribution in [-0.2, 0) is 24.3 Å². The van der Waals surface area contributed by atoms with Gasteiger partial charge in [-0.05, 0) is 49.2 Å². The summed E-state index contributed by atoms with van der Waals surface area (Å²) >= 11 is 6.20. The molecule has 1 amide bonds. The number of aromatic nitrogens is 1. The van der Waals surface area contributed by atoms with E-state index in [1.165, 1.54) is 37.9 Å². The Balaban J connectivity index is 1.21. The number of nitrogens with one attached hydrogen (secondary N) is 1. The van der Waals surface area contributed by atoms with E-state index < -0.39 is 0 Å². The molecule has 0 saturated carbocycles. The molecule has 0 spiro atoms. The van der Waals surface area contributed by atoms with Gasteiger partial charge in [-0.1, -0.05) is 54.4 Å². The molecule has 2 aromatic carbocycles. The summed E-state index contributed by atoms with van der Waals surface area (Å²) in [6.45, 7) is 3.93. The lowest BCUT2D eigenvalue weighted by Gasteiger charge is -2.26. The zero-order valence-electron chi connectivity index (χ0n) is 17.6. The van der Waals surface area contributed by atoms with Crippen LogP contribution >= 0.6 is 11.6 Å². The van der Waals surface area contributed by atoms with Crippen LogP contribution in [-0.4, -0.2) is 28.9 Å². The van der Waals surface area contributed by atoms with E-state index in [0.29, 0.717) is 36.1 Å². The number of carbonyl (C=O) groups excluding carboxylic acids is 1. The maximum Gasteiger partial charge on any atom is 0.220 e. The summed E-state index contributed by atoms with van der Waals surface area (Å²) in [5, 5.41) is 3.59. The molecule has 4 rings (SSSR count). The summed E-state index contributed by atoms with van der Waals surface area (Å²) < 4.78 is 5.76. The van der Waals surface area contributed by atoms with Crippen LogP contribution in [0.25, 0.3) is 11.3 Å². The van der Waals surface area contributed by atoms with Crippen molar-refractivity contribution in [2.45, 2.75) is 45.2 Å². The number of rotatable bonds is 8. The predicted molar refractivity (Wildman–Crippen MR) is 123 cm³/mol. The number of oxazole rings is 1. The number of amides is 1. The van der Waals surface area contributed by atoms with E-state index in [0.717, 1.165) is 17.7 Å². The SMILES string of the molecule is O=C(CCc1ncc(-c2ccccc2Cl)o1)NCc1ccc(CN2CCCCC2)cc1. The zero-order chi connectivity index (χ0) is 21.5. The summed E-state index contributed by atoms with van der Waals surface area (Å²) in [5.41, 5.74) is 3.24. The van der Waals surface area contributed by atoms with E-state index in [1.807, 2.05) is 24.3 Å². The van der Waals surface area contributed by atoms with E-state index in [1.54, 1.807) is 6.20 Å². The minimum atomic E-state index is -0.0186. The first-order chi connectivity index (χ1) is 15.2. The lowest BCUT2D eigenvalue weighted by atomic mass is 10.1. The molecule has 31 heavy (non-hydrogen) atoms. The highest BCUT2D eigenvalue weighted by Gasteiger charge is 2.12. The molecule has 0 radical (unpaired) electrons. The van der Waals surface area contributed by atoms with E-state index in [-0.39, 0.29) is 5.91 Å². The van der Waals surface area contributed by atoms with Gasteiger partial charge in [-0.3, -0.25) is 9.69 Å². The fraction of sp³-hybridized carbons (Fsp3) is 0.360. The van der Waals surface area contributed by atoms with E-state index in [9.17, 15) is 4.79 Å². The van der Waals surface area contributed by atoms with E-state index in [4.69, 9.17) is 16.0 Å². The van der Waals surface area contributed by atoms with Crippen LogP contribution in [0.5, 0.6) is 0 Å². The highest BCUT2D eigenvalue weighted by atomic mass is 35.5. The second-order valence-corrected chi connectivity index (χ2v) is 8.44. The van der Waals surface area contributed by atoms with Gasteiger partial charge in [0.1, 0.15) is 0 Å². The molecule has 162 valence electrons. The van der Waals surface area contributed by atoms with Crippen molar-refractivity contribution in [3.05, 3.63) is 76.8 Å². The molecule has 2 heterocycles. The number of aryl methyl sites for hydroxylation is 1. The molecule has 3 aromatic rings. The van der Waals surface area contributed by atoms with Crippen molar-refractivity contribution in [2.75, 3.05) is 13.1 Å². The number of benzene rings is 2. The minimum absolute atomic E-state index is 0.0186. The predicted octanol–water partition coefficient (Wildman–Crippen LogP) is 5.23. The second kappa shape index (κ2) is 10.6. The van der Waals surface area contributed by atoms with Gasteiger partial charge in [-0.15, -0.1) is 0 Å². The first-order valence-electron chi connectivity index (χ1n) is 10.9. The number of nitrogens with zero attached hydrogens (tertiary/aromatic N) is 2. The van der Waals surface area contributed by atoms with Crippen LogP contribution in [0.15, 0.2) is 59.1 Å². The van der Waals surface area contributed by atoms with E-state index in [2.05, 4.69) is 39.5 Å². The quantitative estimate of drug-likeness (QED) is 0.524. The van der Waals surface area contributed by atoms with Crippen molar-refractivity contribution >= 4 is 17.5 Å². The summed E-state index contributed by atoms with van der Waals surface area (Å²) in [7, 11) is 0. The van der Waals surface area contributed by atoms with Crippen LogP contribution < -0.4 is 5.32 Å². The maximum atomic E-state index is 12.2. The Labute approximate surface area is 188 Å². The smallest absolute Gasteiger partial charge is 0.220 e. The summed E-state index contributed by atoms with van der Waals surface area (Å²) in [4.78, 5) is 19.0. The molecule has 5 nitrogen and oxygen atoms in total. The molecule has 0 aliphatic carbocycles. The van der Waals surface area contributed by atoms with Crippen LogP contribution in [0.1, 0.15) is 42.7 Å². The summed E-state index contributed by atoms with van der Waals surface area (Å²) in [6, 6.07) is 16.0. The topological polar surface area (TPSA) is 58.4 Å². The molecule has 0 bridgehead atoms. The van der Waals surface area contributed by atoms with Gasteiger partial charge in [0.05, 0.1) is 11.2 Å². The van der Waals surface area contributed by atoms with Gasteiger partial charge in [0.15, 0.2) is 11.7 Å². The highest BCUT2D eigenvalue weighted by molar-refractivity contribution is 6.33. The Kier molecular flexibility index (Phi) is 7.39. The van der Waals surface area contributed by atoms with Crippen molar-refractivity contribution in [2.24, 2.45) is 0 Å². The van der Waals surface area contributed by atoms with Crippen LogP contribution in [0.2, 0.25) is 5.02 Å². The molecule has 1 aromatic heterocycles. The maximum absolute atomic E-state index is 12.2. The largest absolute Gasteiger partial charge is 0.441 e. The Morgan fingerprint density at radius 3 is 2.55 bits per heavy atom. The van der Waals surface area contributed by atoms with Crippen molar-refractivity contribution in [3.63, 3.8) is 0 Å². The molecule has 1 N–H and O–H groups in total. The molecule has 0 atom stereocenters. The Hall–Kier alpha value is -2.63. The van der Waals surface area contributed by atoms with Crippen molar-refractivity contribution in [1.29, 1.82) is 0 Å². The molecular weight excluding hydrogens is 410 g/mol. The van der Waals surface area contributed by atoms with E-state index >= 15 is 0 Å². The minimum Gasteiger partial charge on any atom is -0.441 e. The molecule has 1 aliphatic heterocycles. The fourth-order valence-corrected chi connectivity index (χ4v) is 4.09. The molecule has 0 unspecified atom stereocenters. The van der Waals surface area contributed by atoms with Gasteiger partial charge in [0.2, 0.25) is 5.91 Å². The van der Waals surface area contributed by atoms with Crippen molar-refractivity contribution < 1.29 is 9.21 Å². The van der Waals surface area contributed by atoms with Gasteiger partial charge in [0, 0.05) is 31.5 Å². The normalized spacial score (nSPS) is 14.5. The number of likely N-dealkylation sites (tertiary alicyclic amines) is 1. The highest BCUT2D eigenvalue weighted by Crippen LogP contribution is 2.28. The number of halogens is 1. The van der Waals surface area contributed by atoms with Gasteiger partial charge >= 0.3 is 0 Å². The van der Waals surface area contributed by atoms with Crippen molar-refractivity contribution in [3.8, 4) is 11.3 Å². The molecular formula is C25H28ClN3O2. The second-order valence-electron chi connectivity index (χ2n) is 8.03. The third kappa shape index (κ3) is 6.18. The third-order valence-electron chi connectivity index (χ3n) is 5.63. The van der Waals surface area contributed by atoms with Gasteiger partial charge in [-0.2, -0.15) is 0 Å². The Morgan fingerprint density at radius 1 is 1.03 bits per heavy atom. The Morgan fingerprint density at radius 2 is 1.77 bits per heavy atom. The standard InChI is InChI=1S/C25H28ClN3O2/c26-22-7-3-2-6-21(22)23-17-28-25(31-23)13-12-24(30)27-16-19-8-10-20(11-9-19)18-29-14-4-1-5-15-29/h2-3,6-11,17H,1,4-5,12-16,18H2,(H,27,30). The van der Waals surface area contributed by atoms with Crippen molar-refractivity contribution in [1.82, 2.24) is 15.2 Å². The molecule has 1 saturated heterocycles. The van der Waals surface area contributed by atoms with Gasteiger partial charge in [-0.25, -0.2) is 4.98 Å². The van der Waals surface area contributed by atoms with Gasteiger partial charge < -0.3 is 9.73 Å². The number of piperidine rings is 1. The first kappa shape index (κ1) is 21.6. The monoisotopic (exact) mass is 437 g/mol. The van der Waals surface area contributed by atoms with Crippen LogP contribution in [0, 0.1) is 0 Å². The average molecular weight is 438 g/mol. The molecule has 6 heteroatoms. The summed E-state index contributed by atoms with van der Waals surface area (Å²) in [5.74, 6) is 1.13.